The van der Waals surface area contributed by atoms with E-state index in [-0.39, 0.29) is 5.75 Å². The molecule has 3 aromatic carbocycles. The average Bonchev–Trinajstić information content (AvgIpc) is 2.76. The van der Waals surface area contributed by atoms with E-state index in [9.17, 15) is 14.7 Å². The second-order valence-electron chi connectivity index (χ2n) is 6.30. The molecule has 0 aromatic heterocycles. The Morgan fingerprint density at radius 2 is 1.61 bits per heavy atom. The molecule has 0 heterocycles. The number of phenolic OH excluding ortho intramolecular Hbond substituents is 1. The zero-order chi connectivity index (χ0) is 22.1. The number of rotatable bonds is 7. The Bertz CT molecular complexity index is 1120. The molecule has 156 valence electrons. The van der Waals surface area contributed by atoms with Crippen molar-refractivity contribution in [2.45, 2.75) is 6.42 Å². The van der Waals surface area contributed by atoms with Crippen LogP contribution in [-0.2, 0) is 9.59 Å². The molecule has 0 bridgehead atoms. The molecule has 0 radical (unpaired) electrons. The standard InChI is InChI=1S/C22H18ClN5O3/c23-16-6-8-17(9-7-16)25-21(30)13-22(31)28-24-14-15-12-19(10-11-20(15)29)27-26-18-4-2-1-3-5-18/h1-12,14,29H,13H2,(H,25,30)(H,28,31)/b24-14+,27-26?. The van der Waals surface area contributed by atoms with Crippen LogP contribution < -0.4 is 10.7 Å². The number of hydrazone groups is 1. The third kappa shape index (κ3) is 7.06. The molecule has 0 fully saturated rings. The van der Waals surface area contributed by atoms with E-state index in [1.54, 1.807) is 36.4 Å². The number of nitrogens with zero attached hydrogens (tertiary/aromatic N) is 3. The predicted molar refractivity (Wildman–Crippen MR) is 119 cm³/mol. The molecule has 0 aliphatic carbocycles. The first-order chi connectivity index (χ1) is 15.0. The first-order valence-electron chi connectivity index (χ1n) is 9.17. The number of aromatic hydroxyl groups is 1. The predicted octanol–water partition coefficient (Wildman–Crippen LogP) is 4.94. The Morgan fingerprint density at radius 3 is 2.35 bits per heavy atom. The third-order valence-corrected chi connectivity index (χ3v) is 4.14. The van der Waals surface area contributed by atoms with Crippen molar-refractivity contribution >= 4 is 46.7 Å². The van der Waals surface area contributed by atoms with Crippen molar-refractivity contribution in [1.82, 2.24) is 5.43 Å². The van der Waals surface area contributed by atoms with Gasteiger partial charge in [0.25, 0.3) is 0 Å². The van der Waals surface area contributed by atoms with E-state index in [0.717, 1.165) is 0 Å². The Labute approximate surface area is 183 Å². The van der Waals surface area contributed by atoms with Crippen molar-refractivity contribution in [1.29, 1.82) is 0 Å². The fourth-order valence-corrected chi connectivity index (χ4v) is 2.54. The minimum atomic E-state index is -0.609. The molecule has 9 heteroatoms. The van der Waals surface area contributed by atoms with E-state index >= 15 is 0 Å². The van der Waals surface area contributed by atoms with E-state index in [4.69, 9.17) is 11.6 Å². The number of anilines is 1. The molecule has 0 aliphatic rings. The molecule has 0 atom stereocenters. The largest absolute Gasteiger partial charge is 0.507 e. The van der Waals surface area contributed by atoms with Crippen LogP contribution in [0.2, 0.25) is 5.02 Å². The second-order valence-corrected chi connectivity index (χ2v) is 6.74. The highest BCUT2D eigenvalue weighted by molar-refractivity contribution is 6.30. The van der Waals surface area contributed by atoms with E-state index < -0.39 is 18.2 Å². The molecular weight excluding hydrogens is 418 g/mol. The third-order valence-electron chi connectivity index (χ3n) is 3.89. The first kappa shape index (κ1) is 21.7. The van der Waals surface area contributed by atoms with Gasteiger partial charge in [0.05, 0.1) is 17.6 Å². The molecule has 3 N–H and O–H groups in total. The summed E-state index contributed by atoms with van der Waals surface area (Å²) in [5, 5.41) is 25.1. The summed E-state index contributed by atoms with van der Waals surface area (Å²) in [4.78, 5) is 23.8. The van der Waals surface area contributed by atoms with Crippen molar-refractivity contribution in [3.05, 3.63) is 83.4 Å². The number of halogens is 1. The smallest absolute Gasteiger partial charge is 0.249 e. The van der Waals surface area contributed by atoms with Crippen LogP contribution in [0.1, 0.15) is 12.0 Å². The van der Waals surface area contributed by atoms with Gasteiger partial charge in [-0.25, -0.2) is 5.43 Å². The summed E-state index contributed by atoms with van der Waals surface area (Å²) >= 11 is 5.79. The Hall–Kier alpha value is -4.04. The molecule has 3 aromatic rings. The van der Waals surface area contributed by atoms with E-state index in [0.29, 0.717) is 27.6 Å². The Balaban J connectivity index is 1.54. The molecule has 0 aliphatic heterocycles. The van der Waals surface area contributed by atoms with E-state index in [1.807, 2.05) is 30.3 Å². The fourth-order valence-electron chi connectivity index (χ4n) is 2.42. The molecule has 0 saturated carbocycles. The van der Waals surface area contributed by atoms with Gasteiger partial charge >= 0.3 is 0 Å². The topological polar surface area (TPSA) is 116 Å². The Morgan fingerprint density at radius 1 is 0.903 bits per heavy atom. The maximum atomic E-state index is 11.9. The van der Waals surface area contributed by atoms with Gasteiger partial charge in [0.2, 0.25) is 11.8 Å². The zero-order valence-electron chi connectivity index (χ0n) is 16.2. The molecule has 8 nitrogen and oxygen atoms in total. The van der Waals surface area contributed by atoms with Gasteiger partial charge in [-0.3, -0.25) is 9.59 Å². The SMILES string of the molecule is O=C(CC(=O)Nc1ccc(Cl)cc1)N/N=C/c1cc(N=Nc2ccccc2)ccc1O. The van der Waals surface area contributed by atoms with E-state index in [1.165, 1.54) is 12.3 Å². The van der Waals surface area contributed by atoms with Crippen molar-refractivity contribution in [3.63, 3.8) is 0 Å². The average molecular weight is 436 g/mol. The number of benzene rings is 3. The number of hydrogen-bond acceptors (Lipinski definition) is 6. The molecular formula is C22H18ClN5O3. The summed E-state index contributed by atoms with van der Waals surface area (Å²) < 4.78 is 0. The van der Waals surface area contributed by atoms with Crippen LogP contribution in [0.25, 0.3) is 0 Å². The summed E-state index contributed by atoms with van der Waals surface area (Å²) in [6, 6.07) is 20.3. The highest BCUT2D eigenvalue weighted by Crippen LogP contribution is 2.24. The lowest BCUT2D eigenvalue weighted by molar-refractivity contribution is -0.126. The Kier molecular flexibility index (Phi) is 7.45. The van der Waals surface area contributed by atoms with Crippen LogP contribution >= 0.6 is 11.6 Å². The van der Waals surface area contributed by atoms with Crippen LogP contribution in [0.4, 0.5) is 17.1 Å². The van der Waals surface area contributed by atoms with Gasteiger partial charge in [0, 0.05) is 16.3 Å². The number of carbonyl (C=O) groups excluding carboxylic acids is 2. The van der Waals surface area contributed by atoms with Gasteiger partial charge in [0.1, 0.15) is 12.2 Å². The maximum absolute atomic E-state index is 11.9. The number of nitrogens with one attached hydrogen (secondary N) is 2. The van der Waals surface area contributed by atoms with Crippen LogP contribution in [0.15, 0.2) is 88.1 Å². The lowest BCUT2D eigenvalue weighted by Crippen LogP contribution is -2.24. The molecule has 0 spiro atoms. The number of hydrogen-bond donors (Lipinski definition) is 3. The van der Waals surface area contributed by atoms with Crippen LogP contribution in [0.5, 0.6) is 5.75 Å². The summed E-state index contributed by atoms with van der Waals surface area (Å²) in [6.45, 7) is 0. The summed E-state index contributed by atoms with van der Waals surface area (Å²) in [5.74, 6) is -1.15. The lowest BCUT2D eigenvalue weighted by atomic mass is 10.2. The van der Waals surface area contributed by atoms with Crippen LogP contribution in [0, 0.1) is 0 Å². The highest BCUT2D eigenvalue weighted by atomic mass is 35.5. The second kappa shape index (κ2) is 10.7. The number of carbonyl (C=O) groups is 2. The van der Waals surface area contributed by atoms with Crippen LogP contribution in [0.3, 0.4) is 0 Å². The molecule has 0 unspecified atom stereocenters. The van der Waals surface area contributed by atoms with Crippen molar-refractivity contribution < 1.29 is 14.7 Å². The van der Waals surface area contributed by atoms with Crippen LogP contribution in [-0.4, -0.2) is 23.1 Å². The van der Waals surface area contributed by atoms with E-state index in [2.05, 4.69) is 26.1 Å². The van der Waals surface area contributed by atoms with Gasteiger partial charge < -0.3 is 10.4 Å². The number of amides is 2. The van der Waals surface area contributed by atoms with Gasteiger partial charge in [-0.2, -0.15) is 15.3 Å². The maximum Gasteiger partial charge on any atom is 0.249 e. The van der Waals surface area contributed by atoms with Crippen molar-refractivity contribution in [2.75, 3.05) is 5.32 Å². The fraction of sp³-hybridized carbons (Fsp3) is 0.0455. The highest BCUT2D eigenvalue weighted by Gasteiger charge is 2.09. The summed E-state index contributed by atoms with van der Waals surface area (Å²) in [5.41, 5.74) is 4.29. The molecule has 3 rings (SSSR count). The normalized spacial score (nSPS) is 11.0. The van der Waals surface area contributed by atoms with Gasteiger partial charge in [-0.1, -0.05) is 29.8 Å². The van der Waals surface area contributed by atoms with Crippen molar-refractivity contribution in [3.8, 4) is 5.75 Å². The first-order valence-corrected chi connectivity index (χ1v) is 9.54. The zero-order valence-corrected chi connectivity index (χ0v) is 17.0. The monoisotopic (exact) mass is 435 g/mol. The molecule has 2 amide bonds. The van der Waals surface area contributed by atoms with Gasteiger partial charge in [-0.05, 0) is 54.6 Å². The summed E-state index contributed by atoms with van der Waals surface area (Å²) in [7, 11) is 0. The lowest BCUT2D eigenvalue weighted by Gasteiger charge is -2.04. The van der Waals surface area contributed by atoms with Gasteiger partial charge in [-0.15, -0.1) is 0 Å². The molecule has 0 saturated heterocycles. The number of phenols is 1. The minimum Gasteiger partial charge on any atom is -0.507 e. The van der Waals surface area contributed by atoms with Crippen molar-refractivity contribution in [2.24, 2.45) is 15.3 Å². The van der Waals surface area contributed by atoms with Gasteiger partial charge in [0.15, 0.2) is 0 Å². The number of azo groups is 1. The molecule has 31 heavy (non-hydrogen) atoms. The summed E-state index contributed by atoms with van der Waals surface area (Å²) in [6.07, 6.45) is 0.836. The minimum absolute atomic E-state index is 0.0443. The quantitative estimate of drug-likeness (QED) is 0.211.